The van der Waals surface area contributed by atoms with E-state index in [1.807, 2.05) is 13.0 Å². The molecule has 0 aliphatic rings. The molecule has 0 aliphatic heterocycles. The first-order valence-electron chi connectivity index (χ1n) is 9.01. The minimum atomic E-state index is -0.313. The van der Waals surface area contributed by atoms with Gasteiger partial charge in [0.2, 0.25) is 0 Å². The van der Waals surface area contributed by atoms with Crippen LogP contribution in [0.3, 0.4) is 0 Å². The number of aryl methyl sites for hydroxylation is 2. The van der Waals surface area contributed by atoms with Crippen LogP contribution in [0.15, 0.2) is 42.5 Å². The van der Waals surface area contributed by atoms with Crippen LogP contribution in [-0.2, 0) is 4.74 Å². The molecule has 0 radical (unpaired) electrons. The van der Waals surface area contributed by atoms with Crippen LogP contribution in [-0.4, -0.2) is 37.8 Å². The topological polar surface area (TPSA) is 53.6 Å². The van der Waals surface area contributed by atoms with Crippen LogP contribution in [0.4, 0.5) is 11.4 Å². The summed E-state index contributed by atoms with van der Waals surface area (Å²) in [5.74, 6) is -0.313. The number of hydrogen-bond acceptors (Lipinski definition) is 4. The highest BCUT2D eigenvalue weighted by molar-refractivity contribution is 7.80. The summed E-state index contributed by atoms with van der Waals surface area (Å²) in [6, 6.07) is 13.8. The number of nitrogens with one attached hydrogen (secondary N) is 2. The molecule has 0 spiro atoms. The number of carbonyl (C=O) groups excluding carboxylic acids is 1. The van der Waals surface area contributed by atoms with Crippen molar-refractivity contribution in [3.05, 3.63) is 59.2 Å². The smallest absolute Gasteiger partial charge is 0.338 e. The van der Waals surface area contributed by atoms with E-state index in [0.29, 0.717) is 17.3 Å². The van der Waals surface area contributed by atoms with Crippen LogP contribution in [0.25, 0.3) is 0 Å². The van der Waals surface area contributed by atoms with Crippen LogP contribution in [0.5, 0.6) is 0 Å². The molecule has 0 unspecified atom stereocenters. The molecule has 0 aromatic heterocycles. The second-order valence-corrected chi connectivity index (χ2v) is 6.80. The number of likely N-dealkylation sites (N-methyl/N-ethyl adjacent to an activating group) is 1. The SMILES string of the molecule is CCOC(=O)c1ccc(NC(=S)NCCN(C)c2ccc(C)cc2)c(C)c1. The Morgan fingerprint density at radius 3 is 2.48 bits per heavy atom. The Hall–Kier alpha value is -2.60. The highest BCUT2D eigenvalue weighted by Gasteiger charge is 2.09. The zero-order valence-electron chi connectivity index (χ0n) is 16.3. The Bertz CT molecular complexity index is 791. The maximum absolute atomic E-state index is 11.8. The van der Waals surface area contributed by atoms with E-state index in [4.69, 9.17) is 17.0 Å². The van der Waals surface area contributed by atoms with Crippen LogP contribution < -0.4 is 15.5 Å². The Labute approximate surface area is 166 Å². The Morgan fingerprint density at radius 1 is 1.15 bits per heavy atom. The van der Waals surface area contributed by atoms with E-state index in [2.05, 4.69) is 53.8 Å². The third-order valence-electron chi connectivity index (χ3n) is 4.19. The van der Waals surface area contributed by atoms with Gasteiger partial charge in [0.15, 0.2) is 5.11 Å². The second kappa shape index (κ2) is 9.92. The van der Waals surface area contributed by atoms with Crippen molar-refractivity contribution in [3.8, 4) is 0 Å². The van der Waals surface area contributed by atoms with Crippen molar-refractivity contribution in [3.63, 3.8) is 0 Å². The molecular formula is C21H27N3O2S. The summed E-state index contributed by atoms with van der Waals surface area (Å²) in [4.78, 5) is 14.0. The fourth-order valence-electron chi connectivity index (χ4n) is 2.58. The molecule has 5 nitrogen and oxygen atoms in total. The molecule has 2 aromatic rings. The number of carbonyl (C=O) groups is 1. The third kappa shape index (κ3) is 6.25. The molecule has 0 heterocycles. The van der Waals surface area contributed by atoms with E-state index in [0.717, 1.165) is 24.3 Å². The summed E-state index contributed by atoms with van der Waals surface area (Å²) in [5, 5.41) is 6.95. The Kier molecular flexibility index (Phi) is 7.61. The predicted molar refractivity (Wildman–Crippen MR) is 116 cm³/mol. The van der Waals surface area contributed by atoms with Gasteiger partial charge in [0, 0.05) is 31.5 Å². The van der Waals surface area contributed by atoms with Gasteiger partial charge in [-0.05, 0) is 68.9 Å². The van der Waals surface area contributed by atoms with Crippen molar-refractivity contribution < 1.29 is 9.53 Å². The van der Waals surface area contributed by atoms with Gasteiger partial charge in [-0.15, -0.1) is 0 Å². The summed E-state index contributed by atoms with van der Waals surface area (Å²) in [6.07, 6.45) is 0. The average Bonchev–Trinajstić information content (AvgIpc) is 2.64. The molecule has 2 aromatic carbocycles. The summed E-state index contributed by atoms with van der Waals surface area (Å²) in [6.45, 7) is 7.71. The maximum atomic E-state index is 11.8. The van der Waals surface area contributed by atoms with Gasteiger partial charge in [-0.1, -0.05) is 17.7 Å². The Balaban J connectivity index is 1.83. The van der Waals surface area contributed by atoms with E-state index in [1.165, 1.54) is 11.3 Å². The fraction of sp³-hybridized carbons (Fsp3) is 0.333. The lowest BCUT2D eigenvalue weighted by atomic mass is 10.1. The number of anilines is 2. The number of rotatable bonds is 7. The molecule has 144 valence electrons. The molecule has 0 amide bonds. The number of thiocarbonyl (C=S) groups is 1. The lowest BCUT2D eigenvalue weighted by molar-refractivity contribution is 0.0526. The molecule has 0 bridgehead atoms. The van der Waals surface area contributed by atoms with Gasteiger partial charge >= 0.3 is 5.97 Å². The van der Waals surface area contributed by atoms with Gasteiger partial charge < -0.3 is 20.3 Å². The minimum absolute atomic E-state index is 0.313. The molecule has 2 rings (SSSR count). The van der Waals surface area contributed by atoms with Crippen LogP contribution >= 0.6 is 12.2 Å². The molecule has 0 atom stereocenters. The summed E-state index contributed by atoms with van der Waals surface area (Å²) < 4.78 is 5.02. The quantitative estimate of drug-likeness (QED) is 0.557. The van der Waals surface area contributed by atoms with Crippen molar-refractivity contribution >= 4 is 34.7 Å². The molecule has 0 aliphatic carbocycles. The first-order chi connectivity index (χ1) is 12.9. The molecule has 0 fully saturated rings. The van der Waals surface area contributed by atoms with Crippen molar-refractivity contribution in [2.24, 2.45) is 0 Å². The summed E-state index contributed by atoms with van der Waals surface area (Å²) >= 11 is 5.38. The number of esters is 1. The molecule has 0 saturated heterocycles. The van der Waals surface area contributed by atoms with E-state index in [1.54, 1.807) is 19.1 Å². The van der Waals surface area contributed by atoms with Gasteiger partial charge in [-0.25, -0.2) is 4.79 Å². The molecule has 6 heteroatoms. The van der Waals surface area contributed by atoms with Crippen LogP contribution in [0, 0.1) is 13.8 Å². The third-order valence-corrected chi connectivity index (χ3v) is 4.44. The molecular weight excluding hydrogens is 358 g/mol. The zero-order valence-corrected chi connectivity index (χ0v) is 17.2. The maximum Gasteiger partial charge on any atom is 0.338 e. The zero-order chi connectivity index (χ0) is 19.8. The lowest BCUT2D eigenvalue weighted by Crippen LogP contribution is -2.35. The number of nitrogens with zero attached hydrogens (tertiary/aromatic N) is 1. The van der Waals surface area contributed by atoms with Crippen molar-refractivity contribution in [1.29, 1.82) is 0 Å². The fourth-order valence-corrected chi connectivity index (χ4v) is 2.79. The molecule has 2 N–H and O–H groups in total. The van der Waals surface area contributed by atoms with Gasteiger partial charge in [-0.2, -0.15) is 0 Å². The number of benzene rings is 2. The first-order valence-corrected chi connectivity index (χ1v) is 9.42. The summed E-state index contributed by atoms with van der Waals surface area (Å²) in [5.41, 5.74) is 4.76. The van der Waals surface area contributed by atoms with Gasteiger partial charge in [0.25, 0.3) is 0 Å². The van der Waals surface area contributed by atoms with Gasteiger partial charge in [0.1, 0.15) is 0 Å². The first kappa shape index (κ1) is 20.7. The van der Waals surface area contributed by atoms with Crippen LogP contribution in [0.2, 0.25) is 0 Å². The Morgan fingerprint density at radius 2 is 1.85 bits per heavy atom. The molecule has 27 heavy (non-hydrogen) atoms. The van der Waals surface area contributed by atoms with Crippen molar-refractivity contribution in [2.45, 2.75) is 20.8 Å². The number of ether oxygens (including phenoxy) is 1. The lowest BCUT2D eigenvalue weighted by Gasteiger charge is -2.20. The standard InChI is InChI=1S/C21H27N3O2S/c1-5-26-20(25)17-8-11-19(16(3)14-17)23-21(27)22-12-13-24(4)18-9-6-15(2)7-10-18/h6-11,14H,5,12-13H2,1-4H3,(H2,22,23,27). The predicted octanol–water partition coefficient (Wildman–Crippen LogP) is 3.90. The van der Waals surface area contributed by atoms with E-state index in [-0.39, 0.29) is 5.97 Å². The largest absolute Gasteiger partial charge is 0.462 e. The van der Waals surface area contributed by atoms with Gasteiger partial charge in [-0.3, -0.25) is 0 Å². The minimum Gasteiger partial charge on any atom is -0.462 e. The molecule has 0 saturated carbocycles. The number of hydrogen-bond donors (Lipinski definition) is 2. The average molecular weight is 386 g/mol. The van der Waals surface area contributed by atoms with Crippen LogP contribution in [0.1, 0.15) is 28.4 Å². The van der Waals surface area contributed by atoms with Crippen molar-refractivity contribution in [1.82, 2.24) is 5.32 Å². The highest BCUT2D eigenvalue weighted by Crippen LogP contribution is 2.17. The second-order valence-electron chi connectivity index (χ2n) is 6.39. The van der Waals surface area contributed by atoms with E-state index < -0.39 is 0 Å². The normalized spacial score (nSPS) is 10.2. The van der Waals surface area contributed by atoms with E-state index >= 15 is 0 Å². The summed E-state index contributed by atoms with van der Waals surface area (Å²) in [7, 11) is 2.06. The highest BCUT2D eigenvalue weighted by atomic mass is 32.1. The van der Waals surface area contributed by atoms with E-state index in [9.17, 15) is 4.79 Å². The van der Waals surface area contributed by atoms with Gasteiger partial charge in [0.05, 0.1) is 12.2 Å². The monoisotopic (exact) mass is 385 g/mol. The van der Waals surface area contributed by atoms with Crippen molar-refractivity contribution in [2.75, 3.05) is 37.0 Å².